The number of carbonyl (C=O) groups excluding carboxylic acids is 1. The average Bonchev–Trinajstić information content (AvgIpc) is 2.34. The fourth-order valence-electron chi connectivity index (χ4n) is 1.35. The normalized spacial score (nSPS) is 10.4. The molecular formula is C11H14ClN3O4. The molecule has 0 radical (unpaired) electrons. The van der Waals surface area contributed by atoms with Crippen molar-refractivity contribution in [3.63, 3.8) is 0 Å². The number of nitro groups is 1. The number of nitrogens with two attached hydrogens (primary N) is 1. The number of rotatable bonds is 8. The highest BCUT2D eigenvalue weighted by Gasteiger charge is 2.09. The second-order valence-electron chi connectivity index (χ2n) is 3.73. The van der Waals surface area contributed by atoms with Crippen molar-refractivity contribution >= 4 is 23.2 Å². The summed E-state index contributed by atoms with van der Waals surface area (Å²) in [6.07, 6.45) is 0. The van der Waals surface area contributed by atoms with Crippen LogP contribution in [0.4, 0.5) is 5.69 Å². The lowest BCUT2D eigenvalue weighted by Gasteiger charge is -2.07. The molecule has 0 saturated carbocycles. The van der Waals surface area contributed by atoms with Crippen LogP contribution in [0.25, 0.3) is 0 Å². The Labute approximate surface area is 114 Å². The van der Waals surface area contributed by atoms with Gasteiger partial charge in [-0.25, -0.2) is 0 Å². The first-order valence-corrected chi connectivity index (χ1v) is 5.88. The fraction of sp³-hybridized carbons (Fsp3) is 0.364. The highest BCUT2D eigenvalue weighted by atomic mass is 35.5. The molecule has 8 heteroatoms. The van der Waals surface area contributed by atoms with Crippen molar-refractivity contribution in [2.24, 2.45) is 5.73 Å². The minimum Gasteiger partial charge on any atom is -0.370 e. The summed E-state index contributed by atoms with van der Waals surface area (Å²) in [6, 6.07) is 4.25. The molecule has 0 aromatic heterocycles. The first-order valence-electron chi connectivity index (χ1n) is 5.50. The van der Waals surface area contributed by atoms with Gasteiger partial charge in [0.2, 0.25) is 5.91 Å². The van der Waals surface area contributed by atoms with Gasteiger partial charge in [-0.3, -0.25) is 14.9 Å². The number of hydrogen-bond donors (Lipinski definition) is 2. The van der Waals surface area contributed by atoms with Crippen LogP contribution in [0.2, 0.25) is 5.02 Å². The molecule has 1 aromatic carbocycles. The molecule has 0 aliphatic heterocycles. The summed E-state index contributed by atoms with van der Waals surface area (Å²) in [5.41, 5.74) is 5.52. The maximum absolute atomic E-state index is 10.6. The fourth-order valence-corrected chi connectivity index (χ4v) is 1.53. The van der Waals surface area contributed by atoms with Gasteiger partial charge in [0.25, 0.3) is 5.69 Å². The van der Waals surface area contributed by atoms with Gasteiger partial charge in [0.15, 0.2) is 0 Å². The van der Waals surface area contributed by atoms with Crippen molar-refractivity contribution < 1.29 is 14.5 Å². The van der Waals surface area contributed by atoms with Crippen LogP contribution in [0.15, 0.2) is 18.2 Å². The number of primary amides is 1. The highest BCUT2D eigenvalue weighted by molar-refractivity contribution is 6.31. The van der Waals surface area contributed by atoms with Gasteiger partial charge in [0.05, 0.1) is 11.5 Å². The van der Waals surface area contributed by atoms with E-state index in [1.807, 2.05) is 0 Å². The Balaban J connectivity index is 2.38. The Morgan fingerprint density at radius 1 is 1.53 bits per heavy atom. The van der Waals surface area contributed by atoms with E-state index < -0.39 is 10.8 Å². The lowest BCUT2D eigenvalue weighted by atomic mass is 10.2. The Morgan fingerprint density at radius 3 is 2.89 bits per heavy atom. The number of nitrogens with one attached hydrogen (secondary N) is 1. The quantitative estimate of drug-likeness (QED) is 0.418. The number of nitro benzene ring substituents is 1. The van der Waals surface area contributed by atoms with Gasteiger partial charge in [-0.15, -0.1) is 0 Å². The molecule has 0 unspecified atom stereocenters. The van der Waals surface area contributed by atoms with Crippen LogP contribution in [0, 0.1) is 10.1 Å². The van der Waals surface area contributed by atoms with E-state index in [1.165, 1.54) is 18.2 Å². The van der Waals surface area contributed by atoms with Crippen LogP contribution in [0.3, 0.4) is 0 Å². The third-order valence-electron chi connectivity index (χ3n) is 2.22. The molecule has 0 aliphatic carbocycles. The van der Waals surface area contributed by atoms with Crippen LogP contribution in [0.1, 0.15) is 5.56 Å². The highest BCUT2D eigenvalue weighted by Crippen LogP contribution is 2.21. The smallest absolute Gasteiger partial charge is 0.269 e. The SMILES string of the molecule is NC(=O)COCCNCc1cc([N+](=O)[O-])ccc1Cl. The van der Waals surface area contributed by atoms with Crippen molar-refractivity contribution in [2.75, 3.05) is 19.8 Å². The predicted molar refractivity (Wildman–Crippen MR) is 69.8 cm³/mol. The number of amides is 1. The first kappa shape index (κ1) is 15.4. The second kappa shape index (κ2) is 7.67. The van der Waals surface area contributed by atoms with E-state index >= 15 is 0 Å². The largest absolute Gasteiger partial charge is 0.370 e. The molecule has 1 aromatic rings. The van der Waals surface area contributed by atoms with Gasteiger partial charge < -0.3 is 15.8 Å². The van der Waals surface area contributed by atoms with Gasteiger partial charge in [-0.1, -0.05) is 11.6 Å². The van der Waals surface area contributed by atoms with Gasteiger partial charge in [0.1, 0.15) is 6.61 Å². The number of halogens is 1. The molecule has 0 bridgehead atoms. The summed E-state index contributed by atoms with van der Waals surface area (Å²) in [5.74, 6) is -0.526. The summed E-state index contributed by atoms with van der Waals surface area (Å²) in [5, 5.41) is 14.1. The topological polar surface area (TPSA) is 107 Å². The minimum absolute atomic E-state index is 0.00817. The Bertz CT molecular complexity index is 467. The molecule has 0 aliphatic rings. The lowest BCUT2D eigenvalue weighted by molar-refractivity contribution is -0.384. The molecular weight excluding hydrogens is 274 g/mol. The zero-order valence-corrected chi connectivity index (χ0v) is 10.9. The van der Waals surface area contributed by atoms with E-state index in [1.54, 1.807) is 0 Å². The van der Waals surface area contributed by atoms with Crippen LogP contribution < -0.4 is 11.1 Å². The van der Waals surface area contributed by atoms with E-state index in [4.69, 9.17) is 22.1 Å². The van der Waals surface area contributed by atoms with E-state index in [2.05, 4.69) is 5.32 Å². The number of carbonyl (C=O) groups is 1. The summed E-state index contributed by atoms with van der Waals surface area (Å²) >= 11 is 5.93. The van der Waals surface area contributed by atoms with Crippen molar-refractivity contribution in [1.82, 2.24) is 5.32 Å². The first-order chi connectivity index (χ1) is 9.00. The number of nitrogens with zero attached hydrogens (tertiary/aromatic N) is 1. The summed E-state index contributed by atoms with van der Waals surface area (Å²) in [4.78, 5) is 20.5. The van der Waals surface area contributed by atoms with E-state index in [9.17, 15) is 14.9 Å². The maximum atomic E-state index is 10.6. The zero-order chi connectivity index (χ0) is 14.3. The Morgan fingerprint density at radius 2 is 2.26 bits per heavy atom. The van der Waals surface area contributed by atoms with E-state index in [0.29, 0.717) is 30.3 Å². The molecule has 1 amide bonds. The average molecular weight is 288 g/mol. The Hall–Kier alpha value is -1.70. The van der Waals surface area contributed by atoms with Crippen molar-refractivity contribution in [3.8, 4) is 0 Å². The molecule has 0 heterocycles. The van der Waals surface area contributed by atoms with Crippen LogP contribution in [0.5, 0.6) is 0 Å². The maximum Gasteiger partial charge on any atom is 0.269 e. The number of hydrogen-bond acceptors (Lipinski definition) is 5. The van der Waals surface area contributed by atoms with E-state index in [-0.39, 0.29) is 12.3 Å². The summed E-state index contributed by atoms with van der Waals surface area (Å²) < 4.78 is 4.95. The molecule has 0 fully saturated rings. The van der Waals surface area contributed by atoms with Gasteiger partial charge in [0, 0.05) is 30.2 Å². The zero-order valence-electron chi connectivity index (χ0n) is 10.1. The van der Waals surface area contributed by atoms with E-state index in [0.717, 1.165) is 0 Å². The molecule has 19 heavy (non-hydrogen) atoms. The summed E-state index contributed by atoms with van der Waals surface area (Å²) in [6.45, 7) is 1.04. The molecule has 0 spiro atoms. The lowest BCUT2D eigenvalue weighted by Crippen LogP contribution is -2.23. The monoisotopic (exact) mass is 287 g/mol. The molecule has 0 atom stereocenters. The Kier molecular flexibility index (Phi) is 6.20. The van der Waals surface area contributed by atoms with Gasteiger partial charge in [-0.05, 0) is 11.6 Å². The molecule has 0 saturated heterocycles. The third kappa shape index (κ3) is 5.64. The predicted octanol–water partition coefficient (Wildman–Crippen LogP) is 0.840. The number of ether oxygens (including phenoxy) is 1. The van der Waals surface area contributed by atoms with Gasteiger partial charge >= 0.3 is 0 Å². The third-order valence-corrected chi connectivity index (χ3v) is 2.59. The molecule has 1 rings (SSSR count). The standard InChI is InChI=1S/C11H14ClN3O4/c12-10-2-1-9(15(17)18)5-8(10)6-14-3-4-19-7-11(13)16/h1-2,5,14H,3-4,6-7H2,(H2,13,16). The van der Waals surface area contributed by atoms with Crippen LogP contribution >= 0.6 is 11.6 Å². The summed E-state index contributed by atoms with van der Waals surface area (Å²) in [7, 11) is 0. The van der Waals surface area contributed by atoms with Crippen molar-refractivity contribution in [1.29, 1.82) is 0 Å². The van der Waals surface area contributed by atoms with Crippen LogP contribution in [-0.2, 0) is 16.1 Å². The number of benzene rings is 1. The van der Waals surface area contributed by atoms with Crippen molar-refractivity contribution in [2.45, 2.75) is 6.54 Å². The molecule has 104 valence electrons. The van der Waals surface area contributed by atoms with Crippen LogP contribution in [-0.4, -0.2) is 30.6 Å². The molecule has 3 N–H and O–H groups in total. The number of non-ortho nitro benzene ring substituents is 1. The molecule has 7 nitrogen and oxygen atoms in total. The minimum atomic E-state index is -0.526. The van der Waals surface area contributed by atoms with Gasteiger partial charge in [-0.2, -0.15) is 0 Å². The second-order valence-corrected chi connectivity index (χ2v) is 4.14. The van der Waals surface area contributed by atoms with Crippen molar-refractivity contribution in [3.05, 3.63) is 38.9 Å².